The van der Waals surface area contributed by atoms with Gasteiger partial charge in [-0.15, -0.1) is 0 Å². The Morgan fingerprint density at radius 1 is 1.12 bits per heavy atom. The molecule has 0 bridgehead atoms. The molecule has 2 N–H and O–H groups in total. The molecule has 4 rings (SSSR count). The topological polar surface area (TPSA) is 84.5 Å². The number of allylic oxidation sites excluding steroid dienone is 2. The number of carbonyl (C=O) groups excluding carboxylic acids is 1. The molecule has 3 aromatic rings. The summed E-state index contributed by atoms with van der Waals surface area (Å²) in [5, 5.41) is 3.11. The van der Waals surface area contributed by atoms with Gasteiger partial charge in [0.1, 0.15) is 11.6 Å². The molecule has 0 fully saturated rings. The first-order valence-electron chi connectivity index (χ1n) is 12.8. The third-order valence-corrected chi connectivity index (χ3v) is 9.37. The molecular weight excluding hydrogens is 638 g/mol. The van der Waals surface area contributed by atoms with Gasteiger partial charge < -0.3 is 10.1 Å². The SMILES string of the molecule is CC(NC1C=C(F)C=CC1(F)S(=O)(=O)c1ccc(Cl)cc1)c1ccccc1OCCCNC(=O)c1cccc(Br)c1. The van der Waals surface area contributed by atoms with Gasteiger partial charge in [-0.1, -0.05) is 51.8 Å². The zero-order valence-electron chi connectivity index (χ0n) is 22.0. The van der Waals surface area contributed by atoms with E-state index >= 15 is 4.39 Å². The number of alkyl halides is 1. The van der Waals surface area contributed by atoms with Gasteiger partial charge in [-0.25, -0.2) is 17.2 Å². The minimum atomic E-state index is -4.59. The van der Waals surface area contributed by atoms with Crippen LogP contribution in [0, 0.1) is 0 Å². The summed E-state index contributed by atoms with van der Waals surface area (Å²) < 4.78 is 64.2. The van der Waals surface area contributed by atoms with Crippen molar-refractivity contribution in [2.24, 2.45) is 0 Å². The van der Waals surface area contributed by atoms with E-state index in [0.717, 1.165) is 22.7 Å². The summed E-state index contributed by atoms with van der Waals surface area (Å²) in [4.78, 5) is 12.0. The highest BCUT2D eigenvalue weighted by atomic mass is 79.9. The second-order valence-corrected chi connectivity index (χ2v) is 12.9. The molecule has 0 saturated carbocycles. The molecule has 3 aromatic carbocycles. The molecule has 0 spiro atoms. The number of carbonyl (C=O) groups is 1. The first kappa shape index (κ1) is 30.9. The molecule has 3 unspecified atom stereocenters. The van der Waals surface area contributed by atoms with Crippen LogP contribution in [-0.4, -0.2) is 38.5 Å². The summed E-state index contributed by atoms with van der Waals surface area (Å²) in [5.41, 5.74) is 1.16. The minimum Gasteiger partial charge on any atom is -0.493 e. The van der Waals surface area contributed by atoms with Crippen molar-refractivity contribution in [1.82, 2.24) is 10.6 Å². The quantitative estimate of drug-likeness (QED) is 0.218. The van der Waals surface area contributed by atoms with E-state index < -0.39 is 32.7 Å². The van der Waals surface area contributed by atoms with Crippen LogP contribution in [0.15, 0.2) is 106 Å². The Bertz CT molecular complexity index is 1570. The van der Waals surface area contributed by atoms with Gasteiger partial charge in [-0.2, -0.15) is 0 Å². The molecular formula is C30H28BrClF2N2O4S. The first-order valence-corrected chi connectivity index (χ1v) is 15.4. The fourth-order valence-electron chi connectivity index (χ4n) is 4.35. The van der Waals surface area contributed by atoms with E-state index in [2.05, 4.69) is 26.6 Å². The van der Waals surface area contributed by atoms with E-state index in [4.69, 9.17) is 16.3 Å². The number of sulfone groups is 1. The smallest absolute Gasteiger partial charge is 0.252 e. The fourth-order valence-corrected chi connectivity index (χ4v) is 6.45. The molecule has 0 heterocycles. The molecule has 0 aromatic heterocycles. The zero-order valence-corrected chi connectivity index (χ0v) is 25.1. The van der Waals surface area contributed by atoms with Crippen LogP contribution < -0.4 is 15.4 Å². The van der Waals surface area contributed by atoms with Crippen LogP contribution in [0.25, 0.3) is 0 Å². The summed E-state index contributed by atoms with van der Waals surface area (Å²) in [6.45, 7) is 2.37. The average Bonchev–Trinajstić information content (AvgIpc) is 2.95. The van der Waals surface area contributed by atoms with Gasteiger partial charge in [-0.05, 0) is 80.1 Å². The average molecular weight is 666 g/mol. The Balaban J connectivity index is 1.42. The summed E-state index contributed by atoms with van der Waals surface area (Å²) in [7, 11) is -4.59. The van der Waals surface area contributed by atoms with E-state index in [0.29, 0.717) is 34.9 Å². The molecule has 1 aliphatic rings. The lowest BCUT2D eigenvalue weighted by atomic mass is 10.0. The number of amides is 1. The summed E-state index contributed by atoms with van der Waals surface area (Å²) >= 11 is 9.22. The normalized spacial score (nSPS) is 19.3. The predicted octanol–water partition coefficient (Wildman–Crippen LogP) is 6.88. The Kier molecular flexibility index (Phi) is 10.0. The van der Waals surface area contributed by atoms with Gasteiger partial charge in [0.25, 0.3) is 10.9 Å². The number of para-hydroxylation sites is 1. The number of hydrogen-bond donors (Lipinski definition) is 2. The lowest BCUT2D eigenvalue weighted by Crippen LogP contribution is -2.52. The highest BCUT2D eigenvalue weighted by Gasteiger charge is 2.51. The van der Waals surface area contributed by atoms with Crippen LogP contribution in [0.1, 0.15) is 35.3 Å². The molecule has 0 radical (unpaired) electrons. The van der Waals surface area contributed by atoms with E-state index in [1.807, 2.05) is 6.07 Å². The third-order valence-electron chi connectivity index (χ3n) is 6.52. The Hall–Kier alpha value is -3.05. The summed E-state index contributed by atoms with van der Waals surface area (Å²) in [6, 6.07) is 17.1. The number of rotatable bonds is 11. The van der Waals surface area contributed by atoms with Crippen LogP contribution in [-0.2, 0) is 9.84 Å². The molecule has 6 nitrogen and oxygen atoms in total. The molecule has 3 atom stereocenters. The standard InChI is InChI=1S/C30H28BrClF2N2O4S/c1-20(36-28-19-24(33)14-15-30(28,34)41(38,39)25-12-10-23(32)11-13-25)26-8-2-3-9-27(26)40-17-5-16-35-29(37)21-6-4-7-22(31)18-21/h2-4,6-15,18-20,28,36H,5,16-17H2,1H3,(H,35,37). The third kappa shape index (κ3) is 7.24. The fraction of sp³-hybridized carbons (Fsp3) is 0.233. The molecule has 216 valence electrons. The van der Waals surface area contributed by atoms with Gasteiger partial charge in [0, 0.05) is 33.2 Å². The lowest BCUT2D eigenvalue weighted by molar-refractivity contribution is 0.0951. The van der Waals surface area contributed by atoms with Crippen LogP contribution >= 0.6 is 27.5 Å². The second kappa shape index (κ2) is 13.3. The predicted molar refractivity (Wildman–Crippen MR) is 159 cm³/mol. The number of benzene rings is 3. The van der Waals surface area contributed by atoms with Crippen molar-refractivity contribution in [3.8, 4) is 5.75 Å². The van der Waals surface area contributed by atoms with Crippen LogP contribution in [0.3, 0.4) is 0 Å². The molecule has 0 saturated heterocycles. The van der Waals surface area contributed by atoms with E-state index in [-0.39, 0.29) is 17.4 Å². The summed E-state index contributed by atoms with van der Waals surface area (Å²) in [5.74, 6) is -0.468. The van der Waals surface area contributed by atoms with Crippen LogP contribution in [0.2, 0.25) is 5.02 Å². The largest absolute Gasteiger partial charge is 0.493 e. The maximum atomic E-state index is 16.4. The highest BCUT2D eigenvalue weighted by molar-refractivity contribution is 9.10. The lowest BCUT2D eigenvalue weighted by Gasteiger charge is -2.34. The maximum absolute atomic E-state index is 16.4. The number of nitrogens with one attached hydrogen (secondary N) is 2. The van der Waals surface area contributed by atoms with Crippen molar-refractivity contribution in [3.63, 3.8) is 0 Å². The Labute approximate surface area is 251 Å². The van der Waals surface area contributed by atoms with Crippen LogP contribution in [0.4, 0.5) is 8.78 Å². The molecule has 0 aliphatic heterocycles. The zero-order chi connectivity index (χ0) is 29.6. The van der Waals surface area contributed by atoms with Crippen molar-refractivity contribution in [2.75, 3.05) is 13.2 Å². The van der Waals surface area contributed by atoms with Gasteiger partial charge in [0.2, 0.25) is 9.84 Å². The van der Waals surface area contributed by atoms with Gasteiger partial charge in [-0.3, -0.25) is 10.1 Å². The van der Waals surface area contributed by atoms with Gasteiger partial charge in [0.05, 0.1) is 17.5 Å². The highest BCUT2D eigenvalue weighted by Crippen LogP contribution is 2.38. The Morgan fingerprint density at radius 2 is 1.85 bits per heavy atom. The maximum Gasteiger partial charge on any atom is 0.252 e. The van der Waals surface area contributed by atoms with Crippen LogP contribution in [0.5, 0.6) is 5.75 Å². The van der Waals surface area contributed by atoms with E-state index in [9.17, 15) is 17.6 Å². The Morgan fingerprint density at radius 3 is 2.59 bits per heavy atom. The van der Waals surface area contributed by atoms with Crippen molar-refractivity contribution in [2.45, 2.75) is 35.3 Å². The van der Waals surface area contributed by atoms with Crippen molar-refractivity contribution in [1.29, 1.82) is 0 Å². The minimum absolute atomic E-state index is 0.199. The van der Waals surface area contributed by atoms with Gasteiger partial charge in [0.15, 0.2) is 0 Å². The van der Waals surface area contributed by atoms with E-state index in [1.165, 1.54) is 24.3 Å². The van der Waals surface area contributed by atoms with Gasteiger partial charge >= 0.3 is 0 Å². The number of ether oxygens (including phenoxy) is 1. The van der Waals surface area contributed by atoms with Crippen molar-refractivity contribution in [3.05, 3.63) is 117 Å². The summed E-state index contributed by atoms with van der Waals surface area (Å²) in [6.07, 6.45) is 2.97. The first-order chi connectivity index (χ1) is 19.5. The molecule has 41 heavy (non-hydrogen) atoms. The second-order valence-electron chi connectivity index (χ2n) is 9.41. The number of halogens is 4. The van der Waals surface area contributed by atoms with Crippen molar-refractivity contribution < 1.29 is 26.7 Å². The molecule has 1 aliphatic carbocycles. The number of hydrogen-bond acceptors (Lipinski definition) is 5. The van der Waals surface area contributed by atoms with E-state index in [1.54, 1.807) is 49.4 Å². The molecule has 11 heteroatoms. The molecule has 1 amide bonds. The monoisotopic (exact) mass is 664 g/mol. The van der Waals surface area contributed by atoms with Crippen molar-refractivity contribution >= 4 is 43.3 Å².